The number of hydrogen-bond donors (Lipinski definition) is 0. The molecule has 58 valence electrons. The van der Waals surface area contributed by atoms with Crippen LogP contribution in [-0.2, 0) is 11.2 Å². The summed E-state index contributed by atoms with van der Waals surface area (Å²) in [7, 11) is 0. The first kappa shape index (κ1) is 8.40. The van der Waals surface area contributed by atoms with Crippen LogP contribution < -0.4 is 0 Å². The fraction of sp³-hybridized carbons (Fsp3) is 0.125. The summed E-state index contributed by atoms with van der Waals surface area (Å²) in [5.41, 5.74) is 0.687. The maximum atomic E-state index is 12.6. The summed E-state index contributed by atoms with van der Waals surface area (Å²) in [5, 5.41) is 0. The molecule has 1 rings (SSSR count). The second-order valence-electron chi connectivity index (χ2n) is 2.15. The molecule has 0 aliphatic rings. The van der Waals surface area contributed by atoms with Gasteiger partial charge >= 0.3 is 0 Å². The highest BCUT2D eigenvalue weighted by Crippen LogP contribution is 2.14. The monoisotopic (exact) mass is 216 g/mol. The predicted octanol–water partition coefficient (Wildman–Crippen LogP) is 2.33. The minimum Gasteiger partial charge on any atom is -0.303 e. The molecule has 0 heterocycles. The molecule has 0 N–H and O–H groups in total. The van der Waals surface area contributed by atoms with Crippen LogP contribution in [0, 0.1) is 5.82 Å². The molecule has 0 spiro atoms. The number of halogens is 2. The Bertz CT molecular complexity index is 253. The van der Waals surface area contributed by atoms with Gasteiger partial charge in [0, 0.05) is 10.9 Å². The molecule has 0 atom stereocenters. The van der Waals surface area contributed by atoms with Crippen molar-refractivity contribution in [3.8, 4) is 0 Å². The van der Waals surface area contributed by atoms with E-state index in [2.05, 4.69) is 15.9 Å². The summed E-state index contributed by atoms with van der Waals surface area (Å²) in [4.78, 5) is 10.1. The first-order chi connectivity index (χ1) is 5.22. The molecule has 0 aliphatic heterocycles. The molecule has 0 aromatic heterocycles. The highest BCUT2D eigenvalue weighted by Gasteiger charge is 1.97. The Balaban J connectivity index is 2.98. The number of carbonyl (C=O) groups excluding carboxylic acids is 1. The summed E-state index contributed by atoms with van der Waals surface area (Å²) >= 11 is 3.13. The number of aldehydes is 1. The maximum absolute atomic E-state index is 12.6. The van der Waals surface area contributed by atoms with Crippen LogP contribution in [0.2, 0.25) is 0 Å². The van der Waals surface area contributed by atoms with E-state index < -0.39 is 0 Å². The van der Waals surface area contributed by atoms with E-state index in [1.165, 1.54) is 12.1 Å². The molecule has 0 bridgehead atoms. The second-order valence-corrected chi connectivity index (χ2v) is 3.06. The molecule has 0 unspecified atom stereocenters. The van der Waals surface area contributed by atoms with Gasteiger partial charge in [-0.1, -0.05) is 15.9 Å². The normalized spacial score (nSPS) is 9.64. The summed E-state index contributed by atoms with van der Waals surface area (Å²) in [6, 6.07) is 4.42. The van der Waals surface area contributed by atoms with Gasteiger partial charge in [-0.2, -0.15) is 0 Å². The summed E-state index contributed by atoms with van der Waals surface area (Å²) in [6.45, 7) is 0. The lowest BCUT2D eigenvalue weighted by Crippen LogP contribution is -1.87. The van der Waals surface area contributed by atoms with Gasteiger partial charge in [0.2, 0.25) is 0 Å². The minimum atomic E-state index is -0.323. The Morgan fingerprint density at radius 2 is 2.18 bits per heavy atom. The van der Waals surface area contributed by atoms with E-state index in [1.807, 2.05) is 0 Å². The molecule has 11 heavy (non-hydrogen) atoms. The van der Waals surface area contributed by atoms with Crippen molar-refractivity contribution >= 4 is 22.2 Å². The topological polar surface area (TPSA) is 17.1 Å². The Labute approximate surface area is 72.4 Å². The van der Waals surface area contributed by atoms with Gasteiger partial charge in [0.05, 0.1) is 0 Å². The quantitative estimate of drug-likeness (QED) is 0.694. The molecule has 0 radical (unpaired) electrons. The van der Waals surface area contributed by atoms with Crippen molar-refractivity contribution in [2.45, 2.75) is 6.42 Å². The standard InChI is InChI=1S/C8H6BrFO/c9-7-3-6(1-2-11)4-8(10)5-7/h2-5H,1H2. The molecule has 0 fully saturated rings. The van der Waals surface area contributed by atoms with Crippen molar-refractivity contribution < 1.29 is 9.18 Å². The lowest BCUT2D eigenvalue weighted by Gasteiger charge is -1.96. The third-order valence-corrected chi connectivity index (χ3v) is 1.70. The van der Waals surface area contributed by atoms with E-state index in [1.54, 1.807) is 6.07 Å². The van der Waals surface area contributed by atoms with Gasteiger partial charge in [-0.05, 0) is 23.8 Å². The van der Waals surface area contributed by atoms with E-state index in [0.29, 0.717) is 10.0 Å². The Morgan fingerprint density at radius 3 is 2.73 bits per heavy atom. The molecular formula is C8H6BrFO. The van der Waals surface area contributed by atoms with Crippen molar-refractivity contribution in [2.24, 2.45) is 0 Å². The zero-order chi connectivity index (χ0) is 8.27. The predicted molar refractivity (Wildman–Crippen MR) is 43.9 cm³/mol. The SMILES string of the molecule is O=CCc1cc(F)cc(Br)c1. The smallest absolute Gasteiger partial charge is 0.124 e. The van der Waals surface area contributed by atoms with Gasteiger partial charge in [-0.25, -0.2) is 4.39 Å². The second kappa shape index (κ2) is 3.62. The van der Waals surface area contributed by atoms with Crippen LogP contribution in [0.15, 0.2) is 22.7 Å². The van der Waals surface area contributed by atoms with Crippen LogP contribution in [0.4, 0.5) is 4.39 Å². The van der Waals surface area contributed by atoms with Crippen LogP contribution in [0.25, 0.3) is 0 Å². The summed E-state index contributed by atoms with van der Waals surface area (Å²) < 4.78 is 13.3. The van der Waals surface area contributed by atoms with E-state index >= 15 is 0 Å². The average Bonchev–Trinajstić information content (AvgIpc) is 1.85. The molecule has 1 aromatic carbocycles. The third kappa shape index (κ3) is 2.42. The lowest BCUT2D eigenvalue weighted by atomic mass is 10.2. The number of hydrogen-bond acceptors (Lipinski definition) is 1. The highest BCUT2D eigenvalue weighted by molar-refractivity contribution is 9.10. The summed E-state index contributed by atoms with van der Waals surface area (Å²) in [5.74, 6) is -0.323. The Kier molecular flexibility index (Phi) is 2.76. The number of rotatable bonds is 2. The van der Waals surface area contributed by atoms with Crippen molar-refractivity contribution in [1.82, 2.24) is 0 Å². The number of benzene rings is 1. The average molecular weight is 217 g/mol. The molecule has 3 heteroatoms. The largest absolute Gasteiger partial charge is 0.303 e. The van der Waals surface area contributed by atoms with Gasteiger partial charge in [0.25, 0.3) is 0 Å². The van der Waals surface area contributed by atoms with Crippen molar-refractivity contribution in [2.75, 3.05) is 0 Å². The molecule has 0 saturated carbocycles. The van der Waals surface area contributed by atoms with Gasteiger partial charge in [-0.3, -0.25) is 0 Å². The maximum Gasteiger partial charge on any atom is 0.124 e. The van der Waals surface area contributed by atoms with Crippen molar-refractivity contribution in [3.05, 3.63) is 34.1 Å². The molecule has 0 amide bonds. The fourth-order valence-corrected chi connectivity index (χ4v) is 1.34. The van der Waals surface area contributed by atoms with Crippen LogP contribution in [-0.4, -0.2) is 6.29 Å². The van der Waals surface area contributed by atoms with E-state index in [9.17, 15) is 9.18 Å². The van der Waals surface area contributed by atoms with Crippen LogP contribution >= 0.6 is 15.9 Å². The van der Waals surface area contributed by atoms with Gasteiger partial charge in [-0.15, -0.1) is 0 Å². The van der Waals surface area contributed by atoms with Crippen LogP contribution in [0.1, 0.15) is 5.56 Å². The zero-order valence-electron chi connectivity index (χ0n) is 5.68. The first-order valence-corrected chi connectivity index (χ1v) is 3.90. The van der Waals surface area contributed by atoms with Crippen molar-refractivity contribution in [1.29, 1.82) is 0 Å². The van der Waals surface area contributed by atoms with Crippen LogP contribution in [0.5, 0.6) is 0 Å². The van der Waals surface area contributed by atoms with E-state index in [-0.39, 0.29) is 12.2 Å². The molecule has 1 aromatic rings. The number of carbonyl (C=O) groups is 1. The lowest BCUT2D eigenvalue weighted by molar-refractivity contribution is -0.107. The first-order valence-electron chi connectivity index (χ1n) is 3.11. The van der Waals surface area contributed by atoms with Gasteiger partial charge in [0.1, 0.15) is 12.1 Å². The molecule has 0 saturated heterocycles. The minimum absolute atomic E-state index is 0.260. The highest BCUT2D eigenvalue weighted by atomic mass is 79.9. The van der Waals surface area contributed by atoms with Crippen LogP contribution in [0.3, 0.4) is 0 Å². The Hall–Kier alpha value is -0.700. The zero-order valence-corrected chi connectivity index (χ0v) is 7.27. The van der Waals surface area contributed by atoms with Gasteiger partial charge in [0.15, 0.2) is 0 Å². The molecule has 1 nitrogen and oxygen atoms in total. The van der Waals surface area contributed by atoms with Crippen molar-refractivity contribution in [3.63, 3.8) is 0 Å². The fourth-order valence-electron chi connectivity index (χ4n) is 0.825. The van der Waals surface area contributed by atoms with E-state index in [4.69, 9.17) is 0 Å². The summed E-state index contributed by atoms with van der Waals surface area (Å²) in [6.07, 6.45) is 1.01. The van der Waals surface area contributed by atoms with Gasteiger partial charge < -0.3 is 4.79 Å². The van der Waals surface area contributed by atoms with E-state index in [0.717, 1.165) is 6.29 Å². The molecule has 0 aliphatic carbocycles. The Morgan fingerprint density at radius 1 is 1.45 bits per heavy atom. The third-order valence-electron chi connectivity index (χ3n) is 1.24. The molecular weight excluding hydrogens is 211 g/mol.